The van der Waals surface area contributed by atoms with Gasteiger partial charge in [-0.1, -0.05) is 60.3 Å². The lowest BCUT2D eigenvalue weighted by Gasteiger charge is -2.09. The van der Waals surface area contributed by atoms with Gasteiger partial charge in [0, 0.05) is 17.8 Å². The van der Waals surface area contributed by atoms with E-state index in [-0.39, 0.29) is 5.91 Å². The minimum absolute atomic E-state index is 0.0832. The highest BCUT2D eigenvalue weighted by Gasteiger charge is 2.23. The van der Waals surface area contributed by atoms with E-state index >= 15 is 0 Å². The summed E-state index contributed by atoms with van der Waals surface area (Å²) < 4.78 is 0. The maximum atomic E-state index is 12.0. The van der Waals surface area contributed by atoms with Gasteiger partial charge in [-0.15, -0.1) is 0 Å². The second kappa shape index (κ2) is 7.23. The van der Waals surface area contributed by atoms with Gasteiger partial charge in [0.15, 0.2) is 0 Å². The van der Waals surface area contributed by atoms with Crippen molar-refractivity contribution in [3.05, 3.63) is 66.0 Å². The van der Waals surface area contributed by atoms with E-state index in [1.54, 1.807) is 0 Å². The van der Waals surface area contributed by atoms with Crippen molar-refractivity contribution in [1.29, 1.82) is 0 Å². The van der Waals surface area contributed by atoms with Crippen molar-refractivity contribution in [2.45, 2.75) is 30.3 Å². The first-order valence-electron chi connectivity index (χ1n) is 8.50. The molecule has 0 spiro atoms. The molecule has 1 fully saturated rings. The molecule has 126 valence electrons. The lowest BCUT2D eigenvalue weighted by Crippen LogP contribution is -2.27. The molecule has 1 N–H and O–H groups in total. The van der Waals surface area contributed by atoms with Gasteiger partial charge in [0.05, 0.1) is 11.3 Å². The van der Waals surface area contributed by atoms with E-state index < -0.39 is 0 Å². The van der Waals surface area contributed by atoms with E-state index in [0.29, 0.717) is 18.2 Å². The van der Waals surface area contributed by atoms with Gasteiger partial charge in [0.2, 0.25) is 5.91 Å². The van der Waals surface area contributed by atoms with Crippen LogP contribution in [0, 0.1) is 0 Å². The average Bonchev–Trinajstić information content (AvgIpc) is 3.44. The Morgan fingerprint density at radius 1 is 1.04 bits per heavy atom. The van der Waals surface area contributed by atoms with Gasteiger partial charge in [0.1, 0.15) is 10.9 Å². The van der Waals surface area contributed by atoms with Crippen LogP contribution in [0.4, 0.5) is 0 Å². The summed E-state index contributed by atoms with van der Waals surface area (Å²) in [5.74, 6) is 1.26. The molecular weight excluding hydrogens is 330 g/mol. The fraction of sp³-hybridized carbons (Fsp3) is 0.250. The van der Waals surface area contributed by atoms with Crippen LogP contribution in [0.1, 0.15) is 24.2 Å². The topological polar surface area (TPSA) is 54.9 Å². The summed E-state index contributed by atoms with van der Waals surface area (Å²) in [7, 11) is 0. The van der Waals surface area contributed by atoms with Crippen LogP contribution in [0.25, 0.3) is 10.9 Å². The Hall–Kier alpha value is -2.40. The first kappa shape index (κ1) is 16.1. The lowest BCUT2D eigenvalue weighted by molar-refractivity contribution is -0.118. The van der Waals surface area contributed by atoms with Crippen molar-refractivity contribution >= 4 is 28.6 Å². The number of fused-ring (bicyclic) bond motifs is 1. The standard InChI is InChI=1S/C20H19N3OS/c24-19(21-15-10-11-15)13-25-20-16-8-4-5-9-17(16)22-18(23-20)12-14-6-2-1-3-7-14/h1-9,15H,10-13H2,(H,21,24). The van der Waals surface area contributed by atoms with Crippen molar-refractivity contribution in [1.82, 2.24) is 15.3 Å². The van der Waals surface area contributed by atoms with Crippen LogP contribution in [-0.4, -0.2) is 27.7 Å². The maximum Gasteiger partial charge on any atom is 0.230 e. The van der Waals surface area contributed by atoms with E-state index in [9.17, 15) is 4.79 Å². The minimum Gasteiger partial charge on any atom is -0.353 e. The second-order valence-electron chi connectivity index (χ2n) is 6.25. The molecule has 0 aliphatic heterocycles. The van der Waals surface area contributed by atoms with E-state index in [1.165, 1.54) is 17.3 Å². The van der Waals surface area contributed by atoms with Crippen LogP contribution in [0.3, 0.4) is 0 Å². The zero-order chi connectivity index (χ0) is 17.1. The second-order valence-corrected chi connectivity index (χ2v) is 7.22. The molecule has 0 radical (unpaired) electrons. The number of rotatable bonds is 6. The van der Waals surface area contributed by atoms with E-state index in [1.807, 2.05) is 42.5 Å². The predicted octanol–water partition coefficient (Wildman–Crippen LogP) is 3.59. The number of hydrogen-bond acceptors (Lipinski definition) is 4. The molecule has 4 nitrogen and oxygen atoms in total. The van der Waals surface area contributed by atoms with Gasteiger partial charge in [-0.05, 0) is 24.5 Å². The number of nitrogens with one attached hydrogen (secondary N) is 1. The van der Waals surface area contributed by atoms with Crippen LogP contribution in [0.2, 0.25) is 0 Å². The molecule has 1 aliphatic rings. The molecule has 1 saturated carbocycles. The SMILES string of the molecule is O=C(CSc1nc(Cc2ccccc2)nc2ccccc12)NC1CC1. The van der Waals surface area contributed by atoms with Crippen LogP contribution in [0.15, 0.2) is 59.6 Å². The number of carbonyl (C=O) groups is 1. The van der Waals surface area contributed by atoms with Gasteiger partial charge >= 0.3 is 0 Å². The van der Waals surface area contributed by atoms with Crippen molar-refractivity contribution in [3.8, 4) is 0 Å². The summed E-state index contributed by atoms with van der Waals surface area (Å²) in [6.07, 6.45) is 2.90. The quantitative estimate of drug-likeness (QED) is 0.546. The summed E-state index contributed by atoms with van der Waals surface area (Å²) in [5, 5.41) is 4.90. The molecule has 3 aromatic rings. The van der Waals surface area contributed by atoms with Crippen LogP contribution in [0.5, 0.6) is 0 Å². The minimum atomic E-state index is 0.0832. The average molecular weight is 349 g/mol. The third-order valence-electron chi connectivity index (χ3n) is 4.10. The van der Waals surface area contributed by atoms with Gasteiger partial charge in [-0.25, -0.2) is 9.97 Å². The summed E-state index contributed by atoms with van der Waals surface area (Å²) in [4.78, 5) is 21.4. The Morgan fingerprint density at radius 3 is 2.60 bits per heavy atom. The molecule has 1 aromatic heterocycles. The molecular formula is C20H19N3OS. The summed E-state index contributed by atoms with van der Waals surface area (Å²) >= 11 is 1.49. The van der Waals surface area contributed by atoms with E-state index in [2.05, 4.69) is 17.4 Å². The lowest BCUT2D eigenvalue weighted by atomic mass is 10.1. The highest BCUT2D eigenvalue weighted by Crippen LogP contribution is 2.26. The molecule has 2 aromatic carbocycles. The molecule has 5 heteroatoms. The van der Waals surface area contributed by atoms with Crippen molar-refractivity contribution in [2.75, 3.05) is 5.75 Å². The normalized spacial score (nSPS) is 13.8. The van der Waals surface area contributed by atoms with Gasteiger partial charge in [0.25, 0.3) is 0 Å². The molecule has 0 atom stereocenters. The Labute approximate surface area is 151 Å². The zero-order valence-corrected chi connectivity index (χ0v) is 14.6. The van der Waals surface area contributed by atoms with Gasteiger partial charge < -0.3 is 5.32 Å². The first-order valence-corrected chi connectivity index (χ1v) is 9.48. The summed E-state index contributed by atoms with van der Waals surface area (Å²) in [5.41, 5.74) is 2.11. The Balaban J connectivity index is 1.58. The van der Waals surface area contributed by atoms with Gasteiger partial charge in [-0.2, -0.15) is 0 Å². The number of carbonyl (C=O) groups excluding carboxylic acids is 1. The number of thioether (sulfide) groups is 1. The molecule has 1 amide bonds. The molecule has 25 heavy (non-hydrogen) atoms. The first-order chi connectivity index (χ1) is 12.3. The van der Waals surface area contributed by atoms with E-state index in [0.717, 1.165) is 34.6 Å². The van der Waals surface area contributed by atoms with Gasteiger partial charge in [-0.3, -0.25) is 4.79 Å². The van der Waals surface area contributed by atoms with E-state index in [4.69, 9.17) is 9.97 Å². The Bertz CT molecular complexity index is 894. The van der Waals surface area contributed by atoms with Crippen LogP contribution < -0.4 is 5.32 Å². The van der Waals surface area contributed by atoms with Crippen molar-refractivity contribution < 1.29 is 4.79 Å². The Kier molecular flexibility index (Phi) is 4.65. The largest absolute Gasteiger partial charge is 0.353 e. The third-order valence-corrected chi connectivity index (χ3v) is 5.09. The molecule has 0 saturated heterocycles. The fourth-order valence-corrected chi connectivity index (χ4v) is 3.54. The van der Waals surface area contributed by atoms with Crippen LogP contribution in [-0.2, 0) is 11.2 Å². The molecule has 4 rings (SSSR count). The number of aromatic nitrogens is 2. The maximum absolute atomic E-state index is 12.0. The number of hydrogen-bond donors (Lipinski definition) is 1. The van der Waals surface area contributed by atoms with Crippen molar-refractivity contribution in [2.24, 2.45) is 0 Å². The smallest absolute Gasteiger partial charge is 0.230 e. The number of nitrogens with zero attached hydrogens (tertiary/aromatic N) is 2. The third kappa shape index (κ3) is 4.17. The van der Waals surface area contributed by atoms with Crippen LogP contribution >= 0.6 is 11.8 Å². The Morgan fingerprint density at radius 2 is 1.80 bits per heavy atom. The molecule has 0 unspecified atom stereocenters. The highest BCUT2D eigenvalue weighted by molar-refractivity contribution is 8.00. The predicted molar refractivity (Wildman–Crippen MR) is 101 cm³/mol. The number of para-hydroxylation sites is 1. The number of amides is 1. The zero-order valence-electron chi connectivity index (χ0n) is 13.8. The summed E-state index contributed by atoms with van der Waals surface area (Å²) in [6.45, 7) is 0. The van der Waals surface area contributed by atoms with Crippen molar-refractivity contribution in [3.63, 3.8) is 0 Å². The molecule has 0 bridgehead atoms. The number of benzene rings is 2. The highest BCUT2D eigenvalue weighted by atomic mass is 32.2. The fourth-order valence-electron chi connectivity index (χ4n) is 2.69. The summed E-state index contributed by atoms with van der Waals surface area (Å²) in [6, 6.07) is 18.6. The molecule has 1 aliphatic carbocycles. The monoisotopic (exact) mass is 349 g/mol. The molecule has 1 heterocycles.